The van der Waals surface area contributed by atoms with Crippen molar-refractivity contribution in [2.45, 2.75) is 19.8 Å². The van der Waals surface area contributed by atoms with Gasteiger partial charge < -0.3 is 4.42 Å². The summed E-state index contributed by atoms with van der Waals surface area (Å²) < 4.78 is 5.41. The zero-order valence-electron chi connectivity index (χ0n) is 11.0. The average molecular weight is 247 g/mol. The van der Waals surface area contributed by atoms with Crippen LogP contribution in [-0.2, 0) is 4.79 Å². The van der Waals surface area contributed by atoms with Crippen LogP contribution in [0.15, 0.2) is 22.6 Å². The maximum Gasteiger partial charge on any atom is 0.241 e. The summed E-state index contributed by atoms with van der Waals surface area (Å²) in [7, 11) is 3.57. The van der Waals surface area contributed by atoms with Crippen LogP contribution in [0, 0.1) is 6.92 Å². The van der Waals surface area contributed by atoms with Crippen molar-refractivity contribution in [3.63, 3.8) is 0 Å². The molecule has 0 saturated heterocycles. The molecule has 1 unspecified atom stereocenters. The first-order chi connectivity index (χ1) is 8.47. The van der Waals surface area contributed by atoms with Gasteiger partial charge in [0.1, 0.15) is 5.52 Å². The van der Waals surface area contributed by atoms with Crippen molar-refractivity contribution in [3.8, 4) is 0 Å². The van der Waals surface area contributed by atoms with Crippen LogP contribution in [0.5, 0.6) is 0 Å². The number of carbonyl (C=O) groups excluding carboxylic acids is 1. The molecule has 1 N–H and O–H groups in total. The lowest BCUT2D eigenvalue weighted by atomic mass is 10.0. The lowest BCUT2D eigenvalue weighted by molar-refractivity contribution is -0.125. The Morgan fingerprint density at radius 2 is 2.17 bits per heavy atom. The topological polar surface area (TPSA) is 58.4 Å². The molecule has 0 fully saturated rings. The van der Waals surface area contributed by atoms with E-state index in [1.807, 2.05) is 32.0 Å². The van der Waals surface area contributed by atoms with Crippen molar-refractivity contribution in [2.24, 2.45) is 0 Å². The Balaban J connectivity index is 2.27. The largest absolute Gasteiger partial charge is 0.441 e. The van der Waals surface area contributed by atoms with Gasteiger partial charge >= 0.3 is 0 Å². The van der Waals surface area contributed by atoms with Gasteiger partial charge in [-0.05, 0) is 24.6 Å². The maximum absolute atomic E-state index is 11.9. The molecule has 0 aliphatic heterocycles. The number of rotatable bonds is 3. The monoisotopic (exact) mass is 247 g/mol. The van der Waals surface area contributed by atoms with E-state index in [0.29, 0.717) is 5.89 Å². The van der Waals surface area contributed by atoms with Crippen molar-refractivity contribution in [3.05, 3.63) is 29.7 Å². The molecule has 1 aromatic carbocycles. The van der Waals surface area contributed by atoms with Crippen molar-refractivity contribution in [1.82, 2.24) is 15.4 Å². The number of hydrazine groups is 1. The predicted octanol–water partition coefficient (Wildman–Crippen LogP) is 1.83. The van der Waals surface area contributed by atoms with E-state index >= 15 is 0 Å². The molecular formula is C13H17N3O2. The van der Waals surface area contributed by atoms with Gasteiger partial charge in [-0.15, -0.1) is 0 Å². The summed E-state index contributed by atoms with van der Waals surface area (Å²) in [4.78, 5) is 16.2. The van der Waals surface area contributed by atoms with E-state index in [9.17, 15) is 4.79 Å². The Morgan fingerprint density at radius 1 is 1.44 bits per heavy atom. The number of hydrogen-bond donors (Lipinski definition) is 1. The molecule has 1 heterocycles. The zero-order chi connectivity index (χ0) is 13.3. The van der Waals surface area contributed by atoms with E-state index < -0.39 is 0 Å². The molecule has 0 spiro atoms. The standard InChI is InChI=1S/C13H17N3O2/c1-8(13(17)15-16(3)4)10-5-6-12-11(7-10)14-9(2)18-12/h5-8H,1-4H3,(H,15,17). The van der Waals surface area contributed by atoms with E-state index in [4.69, 9.17) is 4.42 Å². The van der Waals surface area contributed by atoms with Crippen LogP contribution >= 0.6 is 0 Å². The minimum atomic E-state index is -0.228. The number of benzene rings is 1. The molecule has 0 aliphatic rings. The van der Waals surface area contributed by atoms with Gasteiger partial charge in [-0.2, -0.15) is 0 Å². The van der Waals surface area contributed by atoms with Gasteiger partial charge in [0.2, 0.25) is 5.91 Å². The Kier molecular flexibility index (Phi) is 3.34. The smallest absolute Gasteiger partial charge is 0.241 e. The molecule has 5 heteroatoms. The summed E-state index contributed by atoms with van der Waals surface area (Å²) in [5.41, 5.74) is 5.20. The summed E-state index contributed by atoms with van der Waals surface area (Å²) in [6.45, 7) is 3.68. The van der Waals surface area contributed by atoms with E-state index in [2.05, 4.69) is 10.4 Å². The first-order valence-corrected chi connectivity index (χ1v) is 5.82. The van der Waals surface area contributed by atoms with Crippen LogP contribution < -0.4 is 5.43 Å². The fourth-order valence-corrected chi connectivity index (χ4v) is 1.80. The number of nitrogens with one attached hydrogen (secondary N) is 1. The number of amides is 1. The molecular weight excluding hydrogens is 230 g/mol. The Labute approximate surface area is 106 Å². The number of fused-ring (bicyclic) bond motifs is 1. The first-order valence-electron chi connectivity index (χ1n) is 5.82. The van der Waals surface area contributed by atoms with Crippen LogP contribution in [0.25, 0.3) is 11.1 Å². The third kappa shape index (κ3) is 2.51. The average Bonchev–Trinajstić information content (AvgIpc) is 2.65. The van der Waals surface area contributed by atoms with Gasteiger partial charge in [0, 0.05) is 21.0 Å². The number of hydrogen-bond acceptors (Lipinski definition) is 4. The Hall–Kier alpha value is -1.88. The minimum absolute atomic E-state index is 0.0421. The molecule has 2 rings (SSSR count). The van der Waals surface area contributed by atoms with Crippen molar-refractivity contribution >= 4 is 17.0 Å². The van der Waals surface area contributed by atoms with E-state index in [1.165, 1.54) is 0 Å². The second-order valence-corrected chi connectivity index (χ2v) is 4.55. The molecule has 1 atom stereocenters. The predicted molar refractivity (Wildman–Crippen MR) is 69.0 cm³/mol. The molecule has 0 radical (unpaired) electrons. The summed E-state index contributed by atoms with van der Waals surface area (Å²) in [5.74, 6) is 0.362. The number of aromatic nitrogens is 1. The Bertz CT molecular complexity index is 575. The molecule has 0 bridgehead atoms. The first kappa shape index (κ1) is 12.6. The van der Waals surface area contributed by atoms with Crippen molar-refractivity contribution < 1.29 is 9.21 Å². The van der Waals surface area contributed by atoms with Gasteiger partial charge in [-0.1, -0.05) is 6.07 Å². The lowest BCUT2D eigenvalue weighted by Crippen LogP contribution is -2.38. The summed E-state index contributed by atoms with van der Waals surface area (Å²) in [6, 6.07) is 5.64. The fourth-order valence-electron chi connectivity index (χ4n) is 1.80. The zero-order valence-corrected chi connectivity index (χ0v) is 11.0. The van der Waals surface area contributed by atoms with Gasteiger partial charge in [-0.25, -0.2) is 9.99 Å². The molecule has 2 aromatic rings. The van der Waals surface area contributed by atoms with Crippen LogP contribution in [-0.4, -0.2) is 30.0 Å². The third-order valence-electron chi connectivity index (χ3n) is 2.75. The van der Waals surface area contributed by atoms with Crippen LogP contribution in [0.4, 0.5) is 0 Å². The van der Waals surface area contributed by atoms with Gasteiger partial charge in [0.05, 0.1) is 5.92 Å². The molecule has 96 valence electrons. The van der Waals surface area contributed by atoms with Gasteiger partial charge in [0.15, 0.2) is 11.5 Å². The van der Waals surface area contributed by atoms with Crippen LogP contribution in [0.2, 0.25) is 0 Å². The Morgan fingerprint density at radius 3 is 2.83 bits per heavy atom. The number of nitrogens with zero attached hydrogens (tertiary/aromatic N) is 2. The molecule has 1 aromatic heterocycles. The van der Waals surface area contributed by atoms with Gasteiger partial charge in [0.25, 0.3) is 0 Å². The lowest BCUT2D eigenvalue weighted by Gasteiger charge is -2.16. The highest BCUT2D eigenvalue weighted by molar-refractivity contribution is 5.84. The highest BCUT2D eigenvalue weighted by Gasteiger charge is 2.16. The second kappa shape index (κ2) is 4.78. The van der Waals surface area contributed by atoms with Crippen LogP contribution in [0.3, 0.4) is 0 Å². The third-order valence-corrected chi connectivity index (χ3v) is 2.75. The van der Waals surface area contributed by atoms with Gasteiger partial charge in [-0.3, -0.25) is 10.2 Å². The van der Waals surface area contributed by atoms with Crippen LogP contribution in [0.1, 0.15) is 24.3 Å². The number of aryl methyl sites for hydroxylation is 1. The van der Waals surface area contributed by atoms with Crippen molar-refractivity contribution in [1.29, 1.82) is 0 Å². The van der Waals surface area contributed by atoms with E-state index in [1.54, 1.807) is 19.1 Å². The summed E-state index contributed by atoms with van der Waals surface area (Å²) in [6.07, 6.45) is 0. The molecule has 0 saturated carbocycles. The second-order valence-electron chi connectivity index (χ2n) is 4.55. The van der Waals surface area contributed by atoms with E-state index in [0.717, 1.165) is 16.7 Å². The maximum atomic E-state index is 11.9. The molecule has 1 amide bonds. The normalized spacial score (nSPS) is 12.9. The fraction of sp³-hybridized carbons (Fsp3) is 0.385. The highest BCUT2D eigenvalue weighted by atomic mass is 16.3. The van der Waals surface area contributed by atoms with E-state index in [-0.39, 0.29) is 11.8 Å². The van der Waals surface area contributed by atoms with Crippen molar-refractivity contribution in [2.75, 3.05) is 14.1 Å². The SMILES string of the molecule is Cc1nc2cc(C(C)C(=O)NN(C)C)ccc2o1. The molecule has 18 heavy (non-hydrogen) atoms. The summed E-state index contributed by atoms with van der Waals surface area (Å²) >= 11 is 0. The number of carbonyl (C=O) groups is 1. The minimum Gasteiger partial charge on any atom is -0.441 e. The molecule has 5 nitrogen and oxygen atoms in total. The summed E-state index contributed by atoms with van der Waals surface area (Å²) in [5, 5.41) is 1.64. The quantitative estimate of drug-likeness (QED) is 0.841. The number of oxazole rings is 1. The molecule has 0 aliphatic carbocycles. The highest BCUT2D eigenvalue weighted by Crippen LogP contribution is 2.22.